The number of pyridine rings is 2. The second-order valence-corrected chi connectivity index (χ2v) is 7.62. The lowest BCUT2D eigenvalue weighted by Crippen LogP contribution is -1.90. The average molecular weight is 369 g/mol. The summed E-state index contributed by atoms with van der Waals surface area (Å²) in [6, 6.07) is 25.2. The number of benzene rings is 2. The van der Waals surface area contributed by atoms with E-state index in [4.69, 9.17) is 0 Å². The highest BCUT2D eigenvalue weighted by Gasteiger charge is 2.12. The van der Waals surface area contributed by atoms with Crippen LogP contribution in [0.3, 0.4) is 0 Å². The molecule has 2 nitrogen and oxygen atoms in total. The molecule has 0 aliphatic carbocycles. The van der Waals surface area contributed by atoms with Crippen LogP contribution in [0.4, 0.5) is 0 Å². The van der Waals surface area contributed by atoms with Crippen LogP contribution in [0.2, 0.25) is 0 Å². The minimum absolute atomic E-state index is 1.00. The lowest BCUT2D eigenvalue weighted by atomic mass is 10.1. The maximum atomic E-state index is 4.65. The van der Waals surface area contributed by atoms with E-state index in [1.54, 1.807) is 11.8 Å². The van der Waals surface area contributed by atoms with Gasteiger partial charge in [0.05, 0.1) is 11.4 Å². The molecule has 0 atom stereocenters. The Morgan fingerprint density at radius 3 is 1.37 bits per heavy atom. The van der Waals surface area contributed by atoms with Crippen molar-refractivity contribution in [2.24, 2.45) is 0 Å². The van der Waals surface area contributed by atoms with Gasteiger partial charge in [0, 0.05) is 33.3 Å². The van der Waals surface area contributed by atoms with Crippen LogP contribution in [-0.2, 0) is 0 Å². The third-order valence-corrected chi connectivity index (χ3v) is 5.51. The molecule has 2 heterocycles. The molecule has 3 heteroatoms. The van der Waals surface area contributed by atoms with Crippen LogP contribution in [0.1, 0.15) is 11.1 Å². The summed E-state index contributed by atoms with van der Waals surface area (Å²) in [4.78, 5) is 11.6. The Hall–Kier alpha value is -2.91. The van der Waals surface area contributed by atoms with Crippen molar-refractivity contribution in [2.75, 3.05) is 0 Å². The number of aryl methyl sites for hydroxylation is 2. The first kappa shape index (κ1) is 17.5. The second-order valence-electron chi connectivity index (χ2n) is 6.53. The van der Waals surface area contributed by atoms with Crippen molar-refractivity contribution >= 4 is 11.8 Å². The van der Waals surface area contributed by atoms with E-state index < -0.39 is 0 Å². The first-order valence-corrected chi connectivity index (χ1v) is 9.74. The first-order valence-electron chi connectivity index (χ1n) is 8.93. The third kappa shape index (κ3) is 3.93. The van der Waals surface area contributed by atoms with Gasteiger partial charge in [0.2, 0.25) is 0 Å². The van der Waals surface area contributed by atoms with Crippen molar-refractivity contribution in [2.45, 2.75) is 23.6 Å². The van der Waals surface area contributed by atoms with E-state index in [0.717, 1.165) is 32.3 Å². The van der Waals surface area contributed by atoms with E-state index in [2.05, 4.69) is 84.5 Å². The fraction of sp³-hybridized carbons (Fsp3) is 0.0833. The molecule has 0 spiro atoms. The summed E-state index contributed by atoms with van der Waals surface area (Å²) in [6.45, 7) is 4.20. The van der Waals surface area contributed by atoms with E-state index in [-0.39, 0.29) is 0 Å². The molecule has 0 aliphatic heterocycles. The Kier molecular flexibility index (Phi) is 5.03. The summed E-state index contributed by atoms with van der Waals surface area (Å²) in [6.07, 6.45) is 3.70. The number of rotatable bonds is 4. The van der Waals surface area contributed by atoms with Gasteiger partial charge in [-0.3, -0.25) is 9.97 Å². The molecule has 0 radical (unpaired) electrons. The maximum absolute atomic E-state index is 4.65. The molecule has 0 bridgehead atoms. The van der Waals surface area contributed by atoms with Gasteiger partial charge in [-0.05, 0) is 38.1 Å². The Bertz CT molecular complexity index is 967. The van der Waals surface area contributed by atoms with Crippen molar-refractivity contribution < 1.29 is 0 Å². The van der Waals surface area contributed by atoms with Crippen molar-refractivity contribution in [3.63, 3.8) is 0 Å². The van der Waals surface area contributed by atoms with Crippen LogP contribution in [-0.4, -0.2) is 9.97 Å². The molecule has 0 aliphatic rings. The highest BCUT2D eigenvalue weighted by Crippen LogP contribution is 2.38. The molecule has 2 aromatic carbocycles. The van der Waals surface area contributed by atoms with Crippen LogP contribution in [0.5, 0.6) is 0 Å². The van der Waals surface area contributed by atoms with Gasteiger partial charge in [0.25, 0.3) is 0 Å². The van der Waals surface area contributed by atoms with Gasteiger partial charge in [0.1, 0.15) is 0 Å². The number of hydrogen-bond donors (Lipinski definition) is 0. The zero-order valence-corrected chi connectivity index (χ0v) is 16.2. The van der Waals surface area contributed by atoms with Crippen LogP contribution in [0.25, 0.3) is 22.5 Å². The van der Waals surface area contributed by atoms with Gasteiger partial charge in [0.15, 0.2) is 0 Å². The summed E-state index contributed by atoms with van der Waals surface area (Å²) < 4.78 is 0. The number of aromatic nitrogens is 2. The normalized spacial score (nSPS) is 10.7. The van der Waals surface area contributed by atoms with E-state index in [9.17, 15) is 0 Å². The minimum Gasteiger partial charge on any atom is -0.255 e. The van der Waals surface area contributed by atoms with Crippen molar-refractivity contribution in [1.29, 1.82) is 0 Å². The fourth-order valence-electron chi connectivity index (χ4n) is 2.92. The van der Waals surface area contributed by atoms with Crippen LogP contribution < -0.4 is 0 Å². The standard InChI is InChI=1S/C24H20N2S/c1-17-7-11-19(12-8-17)23-21(5-3-15-25-23)27-22-6-4-16-26-24(22)20-13-9-18(2)10-14-20/h3-16H,1-2H3. The zero-order valence-electron chi connectivity index (χ0n) is 15.4. The molecule has 2 aromatic heterocycles. The first-order chi connectivity index (χ1) is 13.2. The third-order valence-electron chi connectivity index (χ3n) is 4.41. The summed E-state index contributed by atoms with van der Waals surface area (Å²) >= 11 is 1.71. The molecule has 0 N–H and O–H groups in total. The van der Waals surface area contributed by atoms with E-state index >= 15 is 0 Å². The Labute approximate surface area is 164 Å². The summed E-state index contributed by atoms with van der Waals surface area (Å²) in [5, 5.41) is 0. The summed E-state index contributed by atoms with van der Waals surface area (Å²) in [5.74, 6) is 0. The maximum Gasteiger partial charge on any atom is 0.0841 e. The molecule has 0 amide bonds. The topological polar surface area (TPSA) is 25.8 Å². The van der Waals surface area contributed by atoms with Gasteiger partial charge in [-0.1, -0.05) is 71.4 Å². The average Bonchev–Trinajstić information content (AvgIpc) is 2.70. The second kappa shape index (κ2) is 7.77. The molecule has 27 heavy (non-hydrogen) atoms. The van der Waals surface area contributed by atoms with Crippen LogP contribution >= 0.6 is 11.8 Å². The van der Waals surface area contributed by atoms with Gasteiger partial charge in [-0.2, -0.15) is 0 Å². The smallest absolute Gasteiger partial charge is 0.0841 e. The highest BCUT2D eigenvalue weighted by molar-refractivity contribution is 7.99. The van der Waals surface area contributed by atoms with E-state index in [1.807, 2.05) is 24.5 Å². The molecule has 4 aromatic rings. The molecule has 0 unspecified atom stereocenters. The lowest BCUT2D eigenvalue weighted by Gasteiger charge is -2.12. The monoisotopic (exact) mass is 368 g/mol. The number of hydrogen-bond acceptors (Lipinski definition) is 3. The van der Waals surface area contributed by atoms with Crippen molar-refractivity contribution in [3.05, 3.63) is 96.3 Å². The van der Waals surface area contributed by atoms with Gasteiger partial charge < -0.3 is 0 Å². The Morgan fingerprint density at radius 1 is 0.556 bits per heavy atom. The summed E-state index contributed by atoms with van der Waals surface area (Å²) in [5.41, 5.74) is 6.76. The Morgan fingerprint density at radius 2 is 0.963 bits per heavy atom. The molecular weight excluding hydrogens is 348 g/mol. The predicted molar refractivity (Wildman–Crippen MR) is 113 cm³/mol. The SMILES string of the molecule is Cc1ccc(-c2ncccc2Sc2cccnc2-c2ccc(C)cc2)cc1. The minimum atomic E-state index is 1.00. The van der Waals surface area contributed by atoms with Crippen molar-refractivity contribution in [1.82, 2.24) is 9.97 Å². The highest BCUT2D eigenvalue weighted by atomic mass is 32.2. The van der Waals surface area contributed by atoms with Crippen molar-refractivity contribution in [3.8, 4) is 22.5 Å². The van der Waals surface area contributed by atoms with Crippen LogP contribution in [0.15, 0.2) is 95.0 Å². The molecule has 0 fully saturated rings. The molecule has 0 saturated heterocycles. The molecule has 132 valence electrons. The molecule has 4 rings (SSSR count). The van der Waals surface area contributed by atoms with Gasteiger partial charge in [-0.15, -0.1) is 0 Å². The predicted octanol–water partition coefficient (Wildman–Crippen LogP) is 6.58. The zero-order chi connectivity index (χ0) is 18.6. The van der Waals surface area contributed by atoms with Gasteiger partial charge in [-0.25, -0.2) is 0 Å². The largest absolute Gasteiger partial charge is 0.255 e. The number of nitrogens with zero attached hydrogens (tertiary/aromatic N) is 2. The molecular formula is C24H20N2S. The quantitative estimate of drug-likeness (QED) is 0.407. The van der Waals surface area contributed by atoms with E-state index in [1.165, 1.54) is 11.1 Å². The van der Waals surface area contributed by atoms with Gasteiger partial charge >= 0.3 is 0 Å². The summed E-state index contributed by atoms with van der Waals surface area (Å²) in [7, 11) is 0. The van der Waals surface area contributed by atoms with E-state index in [0.29, 0.717) is 0 Å². The Balaban J connectivity index is 1.74. The van der Waals surface area contributed by atoms with Crippen LogP contribution in [0, 0.1) is 13.8 Å². The lowest BCUT2D eigenvalue weighted by molar-refractivity contribution is 1.21. The molecule has 0 saturated carbocycles. The fourth-order valence-corrected chi connectivity index (χ4v) is 3.99.